The number of carboxylic acids is 1. The number of carbonyl (C=O) groups is 2. The van der Waals surface area contributed by atoms with E-state index in [-0.39, 0.29) is 17.3 Å². The highest BCUT2D eigenvalue weighted by Gasteiger charge is 2.13. The first-order valence-electron chi connectivity index (χ1n) is 5.08. The van der Waals surface area contributed by atoms with Crippen molar-refractivity contribution in [3.05, 3.63) is 41.8 Å². The van der Waals surface area contributed by atoms with E-state index in [1.54, 1.807) is 31.2 Å². The number of nitrogens with one attached hydrogen (secondary N) is 2. The van der Waals surface area contributed by atoms with Gasteiger partial charge in [-0.2, -0.15) is 0 Å². The summed E-state index contributed by atoms with van der Waals surface area (Å²) in [5.41, 5.74) is 0.926. The molecule has 1 rings (SSSR count). The summed E-state index contributed by atoms with van der Waals surface area (Å²) in [5, 5.41) is 11.4. The van der Waals surface area contributed by atoms with Gasteiger partial charge in [0, 0.05) is 11.8 Å². The second-order valence-electron chi connectivity index (χ2n) is 3.42. The molecule has 0 spiro atoms. The maximum absolute atomic E-state index is 11.4. The van der Waals surface area contributed by atoms with E-state index in [0.29, 0.717) is 5.69 Å². The van der Waals surface area contributed by atoms with Crippen LogP contribution in [0.5, 0.6) is 0 Å². The fourth-order valence-corrected chi connectivity index (χ4v) is 1.28. The van der Waals surface area contributed by atoms with Gasteiger partial charge in [-0.05, 0) is 19.9 Å². The van der Waals surface area contributed by atoms with Crippen LogP contribution in [0.1, 0.15) is 23.1 Å². The summed E-state index contributed by atoms with van der Waals surface area (Å²) in [6, 6.07) is 1.57. The van der Waals surface area contributed by atoms with E-state index in [0.717, 1.165) is 0 Å². The second-order valence-corrected chi connectivity index (χ2v) is 3.42. The number of rotatable bonds is 4. The second kappa shape index (κ2) is 5.69. The monoisotopic (exact) mass is 234 g/mol. The molecule has 0 unspecified atom stereocenters. The Morgan fingerprint density at radius 2 is 2.12 bits per heavy atom. The van der Waals surface area contributed by atoms with Gasteiger partial charge < -0.3 is 15.4 Å². The van der Waals surface area contributed by atoms with Crippen LogP contribution in [0.15, 0.2) is 30.4 Å². The van der Waals surface area contributed by atoms with Crippen LogP contribution in [0, 0.1) is 6.92 Å². The van der Waals surface area contributed by atoms with Crippen LogP contribution in [0.2, 0.25) is 0 Å². The number of aromatic nitrogens is 1. The lowest BCUT2D eigenvalue weighted by atomic mass is 10.3. The fourth-order valence-electron chi connectivity index (χ4n) is 1.28. The van der Waals surface area contributed by atoms with Crippen molar-refractivity contribution in [2.75, 3.05) is 5.32 Å². The normalized spacial score (nSPS) is 11.2. The number of aryl methyl sites for hydroxylation is 1. The van der Waals surface area contributed by atoms with Crippen molar-refractivity contribution >= 4 is 17.6 Å². The van der Waals surface area contributed by atoms with E-state index in [2.05, 4.69) is 10.3 Å². The number of carboxylic acid groups (broad SMARTS) is 1. The Morgan fingerprint density at radius 3 is 2.71 bits per heavy atom. The van der Waals surface area contributed by atoms with Crippen LogP contribution in [-0.4, -0.2) is 22.0 Å². The molecular weight excluding hydrogens is 220 g/mol. The molecule has 0 saturated heterocycles. The molecule has 0 aromatic carbocycles. The van der Waals surface area contributed by atoms with Gasteiger partial charge in [0.2, 0.25) is 5.91 Å². The zero-order chi connectivity index (χ0) is 12.8. The van der Waals surface area contributed by atoms with Gasteiger partial charge in [0.25, 0.3) is 0 Å². The van der Waals surface area contributed by atoms with E-state index < -0.39 is 5.97 Å². The van der Waals surface area contributed by atoms with E-state index >= 15 is 0 Å². The van der Waals surface area contributed by atoms with Crippen molar-refractivity contribution in [2.45, 2.75) is 13.8 Å². The summed E-state index contributed by atoms with van der Waals surface area (Å²) < 4.78 is 0. The lowest BCUT2D eigenvalue weighted by Gasteiger charge is -1.99. The van der Waals surface area contributed by atoms with E-state index in [1.807, 2.05) is 6.92 Å². The molecule has 0 aliphatic rings. The van der Waals surface area contributed by atoms with Crippen LogP contribution in [0.4, 0.5) is 5.69 Å². The highest BCUT2D eigenvalue weighted by atomic mass is 16.4. The van der Waals surface area contributed by atoms with Crippen LogP contribution < -0.4 is 5.32 Å². The van der Waals surface area contributed by atoms with Crippen molar-refractivity contribution in [1.29, 1.82) is 0 Å². The Kier molecular flexibility index (Phi) is 4.28. The molecule has 0 aliphatic carbocycles. The van der Waals surface area contributed by atoms with E-state index in [1.165, 1.54) is 6.08 Å². The summed E-state index contributed by atoms with van der Waals surface area (Å²) in [5.74, 6) is -1.48. The molecule has 90 valence electrons. The molecule has 5 heteroatoms. The number of carbonyl (C=O) groups excluding carboxylic acids is 1. The van der Waals surface area contributed by atoms with Gasteiger partial charge in [-0.25, -0.2) is 4.79 Å². The summed E-state index contributed by atoms with van der Waals surface area (Å²) in [6.07, 6.45) is 6.40. The predicted octanol–water partition coefficient (Wildman–Crippen LogP) is 2.09. The molecule has 1 aromatic rings. The first kappa shape index (κ1) is 12.8. The largest absolute Gasteiger partial charge is 0.477 e. The van der Waals surface area contributed by atoms with Gasteiger partial charge in [0.05, 0.1) is 5.69 Å². The Balaban J connectivity index is 2.81. The Hall–Kier alpha value is -2.30. The number of aromatic amines is 1. The number of hydrogen-bond acceptors (Lipinski definition) is 2. The van der Waals surface area contributed by atoms with Crippen LogP contribution in [0.25, 0.3) is 0 Å². The molecule has 3 N–H and O–H groups in total. The predicted molar refractivity (Wildman–Crippen MR) is 65.1 cm³/mol. The standard InChI is InChI=1S/C12H14N2O3/c1-3-4-5-6-10(15)14-9-7-8(2)13-11(9)12(16)17/h3-7,13H,1-2H3,(H,14,15)(H,16,17). The Labute approximate surface area is 98.8 Å². The zero-order valence-corrected chi connectivity index (χ0v) is 9.65. The van der Waals surface area contributed by atoms with Crippen molar-refractivity contribution in [2.24, 2.45) is 0 Å². The van der Waals surface area contributed by atoms with E-state index in [9.17, 15) is 9.59 Å². The van der Waals surface area contributed by atoms with Crippen LogP contribution in [-0.2, 0) is 4.79 Å². The highest BCUT2D eigenvalue weighted by Crippen LogP contribution is 2.16. The third-order valence-corrected chi connectivity index (χ3v) is 1.98. The van der Waals surface area contributed by atoms with Crippen molar-refractivity contribution in [3.8, 4) is 0 Å². The minimum absolute atomic E-state index is 0.0183. The topological polar surface area (TPSA) is 82.2 Å². The quantitative estimate of drug-likeness (QED) is 0.551. The first-order chi connectivity index (χ1) is 8.04. The number of anilines is 1. The van der Waals surface area contributed by atoms with Crippen molar-refractivity contribution in [3.63, 3.8) is 0 Å². The van der Waals surface area contributed by atoms with Crippen LogP contribution >= 0.6 is 0 Å². The lowest BCUT2D eigenvalue weighted by Crippen LogP contribution is -2.10. The molecule has 17 heavy (non-hydrogen) atoms. The average Bonchev–Trinajstić information content (AvgIpc) is 2.60. The number of amides is 1. The first-order valence-corrected chi connectivity index (χ1v) is 5.08. The van der Waals surface area contributed by atoms with Gasteiger partial charge in [-0.1, -0.05) is 18.2 Å². The van der Waals surface area contributed by atoms with E-state index in [4.69, 9.17) is 5.11 Å². The third-order valence-electron chi connectivity index (χ3n) is 1.98. The molecular formula is C12H14N2O3. The highest BCUT2D eigenvalue weighted by molar-refractivity contribution is 6.04. The Morgan fingerprint density at radius 1 is 1.41 bits per heavy atom. The summed E-state index contributed by atoms with van der Waals surface area (Å²) in [4.78, 5) is 25.0. The molecule has 0 atom stereocenters. The van der Waals surface area contributed by atoms with Gasteiger partial charge in [-0.15, -0.1) is 0 Å². The lowest BCUT2D eigenvalue weighted by molar-refractivity contribution is -0.111. The number of hydrogen-bond donors (Lipinski definition) is 3. The van der Waals surface area contributed by atoms with Gasteiger partial charge in [0.15, 0.2) is 0 Å². The van der Waals surface area contributed by atoms with Gasteiger partial charge >= 0.3 is 5.97 Å². The maximum atomic E-state index is 11.4. The minimum atomic E-state index is -1.11. The SMILES string of the molecule is CC=CC=CC(=O)Nc1cc(C)[nH]c1C(=O)O. The smallest absolute Gasteiger partial charge is 0.354 e. The summed E-state index contributed by atoms with van der Waals surface area (Å²) in [6.45, 7) is 3.55. The van der Waals surface area contributed by atoms with Gasteiger partial charge in [-0.3, -0.25) is 4.79 Å². The molecule has 0 fully saturated rings. The summed E-state index contributed by atoms with van der Waals surface area (Å²) >= 11 is 0. The molecule has 1 aromatic heterocycles. The molecule has 0 saturated carbocycles. The molecule has 0 radical (unpaired) electrons. The molecule has 1 amide bonds. The molecule has 1 heterocycles. The zero-order valence-electron chi connectivity index (χ0n) is 9.65. The van der Waals surface area contributed by atoms with Crippen molar-refractivity contribution in [1.82, 2.24) is 4.98 Å². The number of allylic oxidation sites excluding steroid dienone is 3. The molecule has 0 bridgehead atoms. The summed E-state index contributed by atoms with van der Waals surface area (Å²) in [7, 11) is 0. The Bertz CT molecular complexity index is 484. The number of aromatic carboxylic acids is 1. The minimum Gasteiger partial charge on any atom is -0.477 e. The fraction of sp³-hybridized carbons (Fsp3) is 0.167. The number of H-pyrrole nitrogens is 1. The average molecular weight is 234 g/mol. The van der Waals surface area contributed by atoms with Crippen molar-refractivity contribution < 1.29 is 14.7 Å². The molecule has 5 nitrogen and oxygen atoms in total. The van der Waals surface area contributed by atoms with Crippen LogP contribution in [0.3, 0.4) is 0 Å². The van der Waals surface area contributed by atoms with Gasteiger partial charge in [0.1, 0.15) is 5.69 Å². The molecule has 0 aliphatic heterocycles. The third kappa shape index (κ3) is 3.64. The maximum Gasteiger partial charge on any atom is 0.354 e.